The quantitative estimate of drug-likeness (QED) is 0.777. The van der Waals surface area contributed by atoms with Gasteiger partial charge in [0, 0.05) is 41.8 Å². The minimum atomic E-state index is 0.596. The average molecular weight is 376 g/mol. The minimum Gasteiger partial charge on any atom is -0.496 e. The molecule has 4 rings (SSSR count). The molecule has 3 aliphatic rings. The number of rotatable bonds is 6. The van der Waals surface area contributed by atoms with Crippen molar-refractivity contribution in [2.45, 2.75) is 56.4 Å². The van der Waals surface area contributed by atoms with E-state index in [0.29, 0.717) is 17.8 Å². The molecule has 1 saturated heterocycles. The number of anilines is 2. The number of fused-ring (bicyclic) bond motifs is 1. The van der Waals surface area contributed by atoms with Crippen LogP contribution in [0.15, 0.2) is 17.1 Å². The van der Waals surface area contributed by atoms with Crippen LogP contribution >= 0.6 is 11.8 Å². The maximum Gasteiger partial charge on any atom is 0.128 e. The minimum absolute atomic E-state index is 0.596. The molecule has 0 bridgehead atoms. The molecule has 2 heterocycles. The van der Waals surface area contributed by atoms with E-state index in [-0.39, 0.29) is 0 Å². The molecule has 1 aromatic rings. The van der Waals surface area contributed by atoms with E-state index in [1.54, 1.807) is 7.11 Å². The highest BCUT2D eigenvalue weighted by Gasteiger charge is 2.21. The second kappa shape index (κ2) is 8.53. The van der Waals surface area contributed by atoms with Gasteiger partial charge in [-0.3, -0.25) is 4.99 Å². The largest absolute Gasteiger partial charge is 0.496 e. The van der Waals surface area contributed by atoms with E-state index < -0.39 is 0 Å². The Bertz CT molecular complexity index is 653. The van der Waals surface area contributed by atoms with Crippen LogP contribution in [-0.2, 0) is 11.3 Å². The Morgan fingerprint density at radius 2 is 2.04 bits per heavy atom. The van der Waals surface area contributed by atoms with Gasteiger partial charge in [0.1, 0.15) is 11.6 Å². The number of thioether (sulfide) groups is 1. The van der Waals surface area contributed by atoms with Crippen LogP contribution in [-0.4, -0.2) is 43.2 Å². The van der Waals surface area contributed by atoms with Gasteiger partial charge in [-0.25, -0.2) is 0 Å². The summed E-state index contributed by atoms with van der Waals surface area (Å²) in [6.45, 7) is 2.49. The maximum atomic E-state index is 5.64. The predicted molar refractivity (Wildman–Crippen MR) is 110 cm³/mol. The van der Waals surface area contributed by atoms with Crippen LogP contribution < -0.4 is 15.4 Å². The summed E-state index contributed by atoms with van der Waals surface area (Å²) in [5, 5.41) is 7.93. The molecular formula is C20H29N3O2S. The summed E-state index contributed by atoms with van der Waals surface area (Å²) in [6.07, 6.45) is 7.49. The Morgan fingerprint density at radius 3 is 2.81 bits per heavy atom. The molecule has 0 atom stereocenters. The number of hydrogen-bond acceptors (Lipinski definition) is 6. The van der Waals surface area contributed by atoms with Gasteiger partial charge in [0.2, 0.25) is 0 Å². The van der Waals surface area contributed by atoms with E-state index >= 15 is 0 Å². The molecule has 142 valence electrons. The van der Waals surface area contributed by atoms with Crippen LogP contribution in [0, 0.1) is 0 Å². The van der Waals surface area contributed by atoms with E-state index in [1.807, 2.05) is 11.8 Å². The summed E-state index contributed by atoms with van der Waals surface area (Å²) in [5.41, 5.74) is 3.45. The van der Waals surface area contributed by atoms with E-state index in [0.717, 1.165) is 60.3 Å². The predicted octanol–water partition coefficient (Wildman–Crippen LogP) is 4.29. The van der Waals surface area contributed by atoms with E-state index in [2.05, 4.69) is 22.8 Å². The van der Waals surface area contributed by atoms with Gasteiger partial charge in [0.25, 0.3) is 0 Å². The molecule has 1 aromatic carbocycles. The Labute approximate surface area is 160 Å². The summed E-state index contributed by atoms with van der Waals surface area (Å²) in [7, 11) is 1.75. The monoisotopic (exact) mass is 375 g/mol. The molecule has 26 heavy (non-hydrogen) atoms. The zero-order valence-corrected chi connectivity index (χ0v) is 16.4. The van der Waals surface area contributed by atoms with Crippen molar-refractivity contribution in [3.05, 3.63) is 17.7 Å². The van der Waals surface area contributed by atoms with Crippen LogP contribution in [0.3, 0.4) is 0 Å². The fourth-order valence-corrected chi connectivity index (χ4v) is 5.06. The first kappa shape index (κ1) is 18.0. The molecule has 2 fully saturated rings. The highest BCUT2D eigenvalue weighted by atomic mass is 32.2. The molecule has 1 saturated carbocycles. The molecule has 2 aliphatic heterocycles. The number of nitrogens with one attached hydrogen (secondary N) is 2. The molecule has 1 aliphatic carbocycles. The van der Waals surface area contributed by atoms with Crippen LogP contribution in [0.2, 0.25) is 0 Å². The Hall–Kier alpha value is -1.40. The lowest BCUT2D eigenvalue weighted by molar-refractivity contribution is 0.100. The second-order valence-electron chi connectivity index (χ2n) is 7.34. The third-order valence-electron chi connectivity index (χ3n) is 5.49. The smallest absolute Gasteiger partial charge is 0.128 e. The normalized spacial score (nSPS) is 21.0. The van der Waals surface area contributed by atoms with Gasteiger partial charge in [0.15, 0.2) is 0 Å². The van der Waals surface area contributed by atoms with Crippen molar-refractivity contribution in [3.63, 3.8) is 0 Å². The van der Waals surface area contributed by atoms with Crippen LogP contribution in [0.5, 0.6) is 5.75 Å². The molecule has 0 unspecified atom stereocenters. The zero-order valence-electron chi connectivity index (χ0n) is 15.6. The summed E-state index contributed by atoms with van der Waals surface area (Å²) < 4.78 is 11.1. The fraction of sp³-hybridized carbons (Fsp3) is 0.650. The average Bonchev–Trinajstić information content (AvgIpc) is 3.19. The Morgan fingerprint density at radius 1 is 1.23 bits per heavy atom. The molecule has 6 heteroatoms. The van der Waals surface area contributed by atoms with Gasteiger partial charge in [-0.1, -0.05) is 12.8 Å². The maximum absolute atomic E-state index is 5.64. The number of amidine groups is 1. The third-order valence-corrected chi connectivity index (χ3v) is 6.87. The number of nitrogens with zero attached hydrogens (tertiary/aromatic N) is 1. The SMILES string of the molecule is COc1cc(NC2CCCC2)cc2c1CN=C(CSC1CCOCC1)N2. The van der Waals surface area contributed by atoms with E-state index in [1.165, 1.54) is 25.7 Å². The van der Waals surface area contributed by atoms with Gasteiger partial charge < -0.3 is 20.1 Å². The van der Waals surface area contributed by atoms with Crippen molar-refractivity contribution in [1.29, 1.82) is 0 Å². The van der Waals surface area contributed by atoms with Crippen molar-refractivity contribution in [2.24, 2.45) is 4.99 Å². The standard InChI is InChI=1S/C20H29N3O2S/c1-24-19-11-15(22-14-4-2-3-5-14)10-18-17(19)12-21-20(23-18)13-26-16-6-8-25-9-7-16/h10-11,14,16,22H,2-9,12-13H2,1H3,(H,21,23). The molecule has 0 amide bonds. The van der Waals surface area contributed by atoms with Gasteiger partial charge in [-0.2, -0.15) is 11.8 Å². The lowest BCUT2D eigenvalue weighted by Crippen LogP contribution is -2.24. The first-order chi connectivity index (χ1) is 12.8. The number of ether oxygens (including phenoxy) is 2. The van der Waals surface area contributed by atoms with E-state index in [4.69, 9.17) is 14.5 Å². The second-order valence-corrected chi connectivity index (χ2v) is 8.63. The van der Waals surface area contributed by atoms with Crippen molar-refractivity contribution >= 4 is 29.0 Å². The van der Waals surface area contributed by atoms with Crippen molar-refractivity contribution in [2.75, 3.05) is 36.7 Å². The number of hydrogen-bond donors (Lipinski definition) is 2. The summed E-state index contributed by atoms with van der Waals surface area (Å²) in [5.74, 6) is 2.94. The lowest BCUT2D eigenvalue weighted by Gasteiger charge is -2.25. The summed E-state index contributed by atoms with van der Waals surface area (Å²) >= 11 is 2.00. The zero-order chi connectivity index (χ0) is 17.8. The number of benzene rings is 1. The highest BCUT2D eigenvalue weighted by Crippen LogP contribution is 2.35. The molecule has 0 radical (unpaired) electrons. The van der Waals surface area contributed by atoms with E-state index in [9.17, 15) is 0 Å². The van der Waals surface area contributed by atoms with Crippen molar-refractivity contribution in [3.8, 4) is 5.75 Å². The molecule has 5 nitrogen and oxygen atoms in total. The van der Waals surface area contributed by atoms with Crippen LogP contribution in [0.1, 0.15) is 44.1 Å². The van der Waals surface area contributed by atoms with Gasteiger partial charge in [-0.05, 0) is 31.7 Å². The van der Waals surface area contributed by atoms with Gasteiger partial charge in [-0.15, -0.1) is 0 Å². The van der Waals surface area contributed by atoms with Crippen LogP contribution in [0.4, 0.5) is 11.4 Å². The highest BCUT2D eigenvalue weighted by molar-refractivity contribution is 8.00. The molecular weight excluding hydrogens is 346 g/mol. The van der Waals surface area contributed by atoms with Crippen LogP contribution in [0.25, 0.3) is 0 Å². The number of aliphatic imine (C=N–C) groups is 1. The molecule has 2 N–H and O–H groups in total. The third kappa shape index (κ3) is 4.29. The van der Waals surface area contributed by atoms with Gasteiger partial charge >= 0.3 is 0 Å². The molecule has 0 spiro atoms. The lowest BCUT2D eigenvalue weighted by atomic mass is 10.1. The first-order valence-electron chi connectivity index (χ1n) is 9.79. The fourth-order valence-electron chi connectivity index (χ4n) is 3.98. The summed E-state index contributed by atoms with van der Waals surface area (Å²) in [4.78, 5) is 4.75. The molecule has 0 aromatic heterocycles. The van der Waals surface area contributed by atoms with Crippen molar-refractivity contribution in [1.82, 2.24) is 0 Å². The van der Waals surface area contributed by atoms with Gasteiger partial charge in [0.05, 0.1) is 25.1 Å². The first-order valence-corrected chi connectivity index (χ1v) is 10.8. The van der Waals surface area contributed by atoms with Crippen molar-refractivity contribution < 1.29 is 9.47 Å². The Balaban J connectivity index is 1.42. The topological polar surface area (TPSA) is 54.9 Å². The Kier molecular flexibility index (Phi) is 5.90. The number of methoxy groups -OCH3 is 1. The summed E-state index contributed by atoms with van der Waals surface area (Å²) in [6, 6.07) is 4.94.